The number of halogens is 7. The molecule has 0 amide bonds. The summed E-state index contributed by atoms with van der Waals surface area (Å²) in [5, 5.41) is 0. The Labute approximate surface area is 269 Å². The second-order valence-electron chi connectivity index (χ2n) is 11.8. The van der Waals surface area contributed by atoms with Gasteiger partial charge in [-0.05, 0) is 74.1 Å². The molecule has 2 aromatic carbocycles. The van der Waals surface area contributed by atoms with Crippen LogP contribution in [0, 0.1) is 11.7 Å². The molecule has 1 aromatic heterocycles. The third-order valence-electron chi connectivity index (χ3n) is 8.22. The highest BCUT2D eigenvalue weighted by Crippen LogP contribution is 2.40. The minimum absolute atomic E-state index is 0.0481. The Hall–Kier alpha value is -3.62. The van der Waals surface area contributed by atoms with Crippen molar-refractivity contribution in [1.82, 2.24) is 9.97 Å². The molecule has 1 unspecified atom stereocenters. The van der Waals surface area contributed by atoms with Crippen LogP contribution in [0.5, 0.6) is 5.75 Å². The maximum absolute atomic E-state index is 14.6. The Morgan fingerprint density at radius 3 is 2.09 bits per heavy atom. The van der Waals surface area contributed by atoms with Gasteiger partial charge >= 0.3 is 12.4 Å². The van der Waals surface area contributed by atoms with E-state index >= 15 is 0 Å². The predicted octanol–water partition coefficient (Wildman–Crippen LogP) is 7.86. The third kappa shape index (κ3) is 9.94. The SMILES string of the molecule is CCN(CC1CCCC1)c1cc(F)ccc1CN(c1ncc(OCCS(C)(=O)=O)cn1)C(C)c1cc(C(F)(F)F)cc(C(F)(F)F)c1. The normalized spacial score (nSPS) is 15.1. The first kappa shape index (κ1) is 36.2. The van der Waals surface area contributed by atoms with Crippen molar-refractivity contribution < 1.29 is 43.9 Å². The van der Waals surface area contributed by atoms with Crippen molar-refractivity contribution in [3.05, 3.63) is 76.9 Å². The molecule has 15 heteroatoms. The van der Waals surface area contributed by atoms with Gasteiger partial charge in [-0.1, -0.05) is 18.9 Å². The summed E-state index contributed by atoms with van der Waals surface area (Å²) in [4.78, 5) is 12.0. The summed E-state index contributed by atoms with van der Waals surface area (Å²) in [5.41, 5.74) is -2.08. The van der Waals surface area contributed by atoms with Gasteiger partial charge in [-0.25, -0.2) is 22.8 Å². The number of hydrogen-bond acceptors (Lipinski definition) is 7. The summed E-state index contributed by atoms with van der Waals surface area (Å²) in [6.45, 7) is 4.30. The number of ether oxygens (including phenoxy) is 1. The Morgan fingerprint density at radius 2 is 1.55 bits per heavy atom. The van der Waals surface area contributed by atoms with Crippen molar-refractivity contribution in [2.45, 2.75) is 64.5 Å². The molecular formula is C32H37F7N4O3S. The average molecular weight is 691 g/mol. The number of alkyl halides is 6. The van der Waals surface area contributed by atoms with Crippen LogP contribution in [0.3, 0.4) is 0 Å². The zero-order valence-electron chi connectivity index (χ0n) is 26.2. The lowest BCUT2D eigenvalue weighted by molar-refractivity contribution is -0.143. The predicted molar refractivity (Wildman–Crippen MR) is 165 cm³/mol. The Morgan fingerprint density at radius 1 is 0.957 bits per heavy atom. The van der Waals surface area contributed by atoms with Gasteiger partial charge in [-0.3, -0.25) is 0 Å². The average Bonchev–Trinajstić information content (AvgIpc) is 3.51. The quantitative estimate of drug-likeness (QED) is 0.169. The third-order valence-corrected chi connectivity index (χ3v) is 9.13. The molecule has 0 radical (unpaired) electrons. The van der Waals surface area contributed by atoms with E-state index < -0.39 is 45.2 Å². The number of sulfone groups is 1. The fourth-order valence-electron chi connectivity index (χ4n) is 5.68. The monoisotopic (exact) mass is 690 g/mol. The molecule has 0 saturated heterocycles. The highest BCUT2D eigenvalue weighted by Gasteiger charge is 2.38. The van der Waals surface area contributed by atoms with Gasteiger partial charge < -0.3 is 14.5 Å². The number of benzene rings is 2. The number of aromatic nitrogens is 2. The van der Waals surface area contributed by atoms with E-state index in [0.29, 0.717) is 42.4 Å². The van der Waals surface area contributed by atoms with Gasteiger partial charge in [-0.2, -0.15) is 26.3 Å². The Kier molecular flexibility index (Phi) is 11.3. The van der Waals surface area contributed by atoms with Crippen LogP contribution in [-0.2, 0) is 28.7 Å². The van der Waals surface area contributed by atoms with Crippen LogP contribution in [0.25, 0.3) is 0 Å². The molecule has 1 heterocycles. The molecule has 7 nitrogen and oxygen atoms in total. The van der Waals surface area contributed by atoms with Crippen molar-refractivity contribution in [3.8, 4) is 5.75 Å². The summed E-state index contributed by atoms with van der Waals surface area (Å²) in [6.07, 6.45) is -2.30. The van der Waals surface area contributed by atoms with E-state index in [2.05, 4.69) is 9.97 Å². The number of hydrogen-bond donors (Lipinski definition) is 0. The van der Waals surface area contributed by atoms with Gasteiger partial charge in [0, 0.05) is 31.6 Å². The molecule has 1 aliphatic carbocycles. The molecule has 3 aromatic rings. The molecule has 47 heavy (non-hydrogen) atoms. The van der Waals surface area contributed by atoms with Crippen LogP contribution < -0.4 is 14.5 Å². The lowest BCUT2D eigenvalue weighted by Gasteiger charge is -2.33. The first-order valence-electron chi connectivity index (χ1n) is 15.2. The van der Waals surface area contributed by atoms with Crippen molar-refractivity contribution in [2.75, 3.05) is 41.5 Å². The highest BCUT2D eigenvalue weighted by molar-refractivity contribution is 7.90. The van der Waals surface area contributed by atoms with Crippen LogP contribution in [0.2, 0.25) is 0 Å². The van der Waals surface area contributed by atoms with Gasteiger partial charge in [0.25, 0.3) is 0 Å². The van der Waals surface area contributed by atoms with Gasteiger partial charge in [-0.15, -0.1) is 0 Å². The minimum Gasteiger partial charge on any atom is -0.489 e. The fraction of sp³-hybridized carbons (Fsp3) is 0.500. The maximum atomic E-state index is 14.6. The highest BCUT2D eigenvalue weighted by atomic mass is 32.2. The van der Waals surface area contributed by atoms with E-state index in [4.69, 9.17) is 4.74 Å². The molecule has 1 atom stereocenters. The summed E-state index contributed by atoms with van der Waals surface area (Å²) < 4.78 is 126. The van der Waals surface area contributed by atoms with Crippen molar-refractivity contribution in [3.63, 3.8) is 0 Å². The molecule has 0 spiro atoms. The zero-order chi connectivity index (χ0) is 34.6. The van der Waals surface area contributed by atoms with E-state index in [1.54, 1.807) is 0 Å². The summed E-state index contributed by atoms with van der Waals surface area (Å²) in [5.74, 6) is -0.289. The standard InChI is InChI=1S/C32H37F7N4O3S/c1-4-42(19-22-7-5-6-8-22)29-16-27(33)10-9-23(29)20-43(30-40-17-28(18-41-30)46-11-12-47(3,44)45)21(2)24-13-25(31(34,35)36)15-26(14-24)32(37,38)39/h9-10,13-18,21-22H,4-8,11-12,19-20H2,1-3H3. The second-order valence-corrected chi connectivity index (χ2v) is 14.1. The minimum atomic E-state index is -5.05. The van der Waals surface area contributed by atoms with Crippen LogP contribution in [-0.4, -0.2) is 50.1 Å². The number of rotatable bonds is 13. The van der Waals surface area contributed by atoms with Crippen LogP contribution in [0.1, 0.15) is 67.8 Å². The largest absolute Gasteiger partial charge is 0.489 e. The Bertz CT molecular complexity index is 1580. The van der Waals surface area contributed by atoms with Crippen molar-refractivity contribution in [1.29, 1.82) is 0 Å². The van der Waals surface area contributed by atoms with Gasteiger partial charge in [0.2, 0.25) is 5.95 Å². The van der Waals surface area contributed by atoms with E-state index in [-0.39, 0.29) is 42.2 Å². The molecule has 1 fully saturated rings. The summed E-state index contributed by atoms with van der Waals surface area (Å²) in [6, 6.07) is 4.44. The summed E-state index contributed by atoms with van der Waals surface area (Å²) in [7, 11) is -3.31. The van der Waals surface area contributed by atoms with Gasteiger partial charge in [0.15, 0.2) is 15.6 Å². The first-order valence-corrected chi connectivity index (χ1v) is 17.2. The topological polar surface area (TPSA) is 75.6 Å². The van der Waals surface area contributed by atoms with E-state index in [9.17, 15) is 39.2 Å². The van der Waals surface area contributed by atoms with Crippen LogP contribution in [0.4, 0.5) is 42.4 Å². The second kappa shape index (κ2) is 14.7. The lowest BCUT2D eigenvalue weighted by Crippen LogP contribution is -2.32. The molecule has 258 valence electrons. The molecule has 4 rings (SSSR count). The molecule has 0 bridgehead atoms. The molecule has 1 aliphatic rings. The molecular weight excluding hydrogens is 653 g/mol. The van der Waals surface area contributed by atoms with E-state index in [0.717, 1.165) is 31.9 Å². The fourth-order valence-corrected chi connectivity index (χ4v) is 6.06. The molecule has 0 N–H and O–H groups in total. The van der Waals surface area contributed by atoms with Crippen LogP contribution in [0.15, 0.2) is 48.8 Å². The number of anilines is 2. The zero-order valence-corrected chi connectivity index (χ0v) is 27.0. The van der Waals surface area contributed by atoms with Gasteiger partial charge in [0.05, 0.1) is 35.3 Å². The van der Waals surface area contributed by atoms with Crippen LogP contribution >= 0.6 is 0 Å². The summed E-state index contributed by atoms with van der Waals surface area (Å²) >= 11 is 0. The number of nitrogens with zero attached hydrogens (tertiary/aromatic N) is 4. The smallest absolute Gasteiger partial charge is 0.416 e. The maximum Gasteiger partial charge on any atom is 0.416 e. The van der Waals surface area contributed by atoms with E-state index in [1.165, 1.54) is 42.4 Å². The van der Waals surface area contributed by atoms with Crippen molar-refractivity contribution in [2.24, 2.45) is 5.92 Å². The first-order chi connectivity index (χ1) is 21.9. The molecule has 0 aliphatic heterocycles. The van der Waals surface area contributed by atoms with E-state index in [1.807, 2.05) is 11.8 Å². The molecule has 1 saturated carbocycles. The van der Waals surface area contributed by atoms with Crippen molar-refractivity contribution >= 4 is 21.5 Å². The van der Waals surface area contributed by atoms with Gasteiger partial charge in [0.1, 0.15) is 12.4 Å². The Balaban J connectivity index is 1.77. The lowest BCUT2D eigenvalue weighted by atomic mass is 9.98.